The summed E-state index contributed by atoms with van der Waals surface area (Å²) in [5, 5.41) is 5.85. The number of rotatable bonds is 8. The van der Waals surface area contributed by atoms with Gasteiger partial charge in [-0.2, -0.15) is 0 Å². The molecule has 1 aromatic carbocycles. The van der Waals surface area contributed by atoms with Gasteiger partial charge in [-0.05, 0) is 38.5 Å². The van der Waals surface area contributed by atoms with Crippen LogP contribution in [0.25, 0.3) is 0 Å². The summed E-state index contributed by atoms with van der Waals surface area (Å²) < 4.78 is 30.9. The van der Waals surface area contributed by atoms with Crippen LogP contribution in [0.5, 0.6) is 5.75 Å². The van der Waals surface area contributed by atoms with Crippen LogP contribution in [0.1, 0.15) is 27.2 Å². The van der Waals surface area contributed by atoms with Crippen LogP contribution in [-0.2, 0) is 14.8 Å². The van der Waals surface area contributed by atoms with E-state index < -0.39 is 10.0 Å². The van der Waals surface area contributed by atoms with Crippen LogP contribution in [0.2, 0.25) is 0 Å². The van der Waals surface area contributed by atoms with E-state index in [4.69, 9.17) is 4.74 Å². The molecule has 1 amide bonds. The molecule has 0 saturated heterocycles. The van der Waals surface area contributed by atoms with E-state index in [2.05, 4.69) is 10.6 Å². The van der Waals surface area contributed by atoms with Gasteiger partial charge in [0.1, 0.15) is 10.6 Å². The molecule has 0 aromatic heterocycles. The van der Waals surface area contributed by atoms with E-state index in [-0.39, 0.29) is 28.6 Å². The fourth-order valence-corrected chi connectivity index (χ4v) is 2.88. The summed E-state index contributed by atoms with van der Waals surface area (Å²) in [6, 6.07) is 4.53. The van der Waals surface area contributed by atoms with Gasteiger partial charge in [0.25, 0.3) is 0 Å². The number of ether oxygens (including phenoxy) is 1. The molecular weight excluding hydrogens is 330 g/mol. The zero-order chi connectivity index (χ0) is 18.5. The fraction of sp³-hybridized carbons (Fsp3) is 0.562. The van der Waals surface area contributed by atoms with Crippen LogP contribution in [0.3, 0.4) is 0 Å². The maximum absolute atomic E-state index is 12.4. The number of anilines is 1. The number of sulfonamides is 1. The Hall–Kier alpha value is -1.64. The molecule has 7 nitrogen and oxygen atoms in total. The van der Waals surface area contributed by atoms with Gasteiger partial charge >= 0.3 is 0 Å². The molecule has 0 aliphatic rings. The predicted molar refractivity (Wildman–Crippen MR) is 94.9 cm³/mol. The fourth-order valence-electron chi connectivity index (χ4n) is 1.80. The number of nitrogens with zero attached hydrogens (tertiary/aromatic N) is 1. The molecule has 0 spiro atoms. The zero-order valence-electron chi connectivity index (χ0n) is 15.1. The molecule has 0 heterocycles. The number of methoxy groups -OCH3 is 1. The largest absolute Gasteiger partial charge is 0.495 e. The molecule has 0 bridgehead atoms. The van der Waals surface area contributed by atoms with Crippen molar-refractivity contribution in [3.05, 3.63) is 18.2 Å². The summed E-state index contributed by atoms with van der Waals surface area (Å²) in [6.07, 6.45) is 0.883. The molecule has 136 valence electrons. The quantitative estimate of drug-likeness (QED) is 0.739. The van der Waals surface area contributed by atoms with Crippen molar-refractivity contribution in [1.29, 1.82) is 0 Å². The summed E-state index contributed by atoms with van der Waals surface area (Å²) in [4.78, 5) is 12.1. The van der Waals surface area contributed by atoms with Gasteiger partial charge in [0.2, 0.25) is 15.9 Å². The molecule has 0 fully saturated rings. The van der Waals surface area contributed by atoms with Crippen molar-refractivity contribution in [3.8, 4) is 5.75 Å². The molecular formula is C16H27N3O4S. The second kappa shape index (κ2) is 7.96. The maximum atomic E-state index is 12.4. The summed E-state index contributed by atoms with van der Waals surface area (Å²) >= 11 is 0. The first-order chi connectivity index (χ1) is 11.0. The topological polar surface area (TPSA) is 87.7 Å². The van der Waals surface area contributed by atoms with E-state index in [0.717, 1.165) is 10.7 Å². The first kappa shape index (κ1) is 20.4. The Labute approximate surface area is 144 Å². The Morgan fingerprint density at radius 2 is 1.92 bits per heavy atom. The summed E-state index contributed by atoms with van der Waals surface area (Å²) in [7, 11) is 0.608. The lowest BCUT2D eigenvalue weighted by Crippen LogP contribution is -2.43. The van der Waals surface area contributed by atoms with Crippen molar-refractivity contribution in [2.75, 3.05) is 33.1 Å². The van der Waals surface area contributed by atoms with Crippen molar-refractivity contribution in [1.82, 2.24) is 9.62 Å². The Morgan fingerprint density at radius 1 is 1.29 bits per heavy atom. The molecule has 2 N–H and O–H groups in total. The lowest BCUT2D eigenvalue weighted by Gasteiger charge is -2.24. The van der Waals surface area contributed by atoms with Crippen LogP contribution in [0, 0.1) is 0 Å². The molecule has 0 aliphatic carbocycles. The molecule has 1 aromatic rings. The molecule has 8 heteroatoms. The van der Waals surface area contributed by atoms with Crippen LogP contribution < -0.4 is 15.4 Å². The summed E-state index contributed by atoms with van der Waals surface area (Å²) in [6.45, 7) is 6.19. The highest BCUT2D eigenvalue weighted by Crippen LogP contribution is 2.28. The minimum atomic E-state index is -3.68. The van der Waals surface area contributed by atoms with Crippen molar-refractivity contribution in [3.63, 3.8) is 0 Å². The molecule has 0 radical (unpaired) electrons. The van der Waals surface area contributed by atoms with Crippen molar-refractivity contribution in [2.45, 2.75) is 37.6 Å². The van der Waals surface area contributed by atoms with Gasteiger partial charge in [-0.25, -0.2) is 12.7 Å². The average Bonchev–Trinajstić information content (AvgIpc) is 2.53. The highest BCUT2D eigenvalue weighted by Gasteiger charge is 2.23. The molecule has 24 heavy (non-hydrogen) atoms. The molecule has 1 rings (SSSR count). The predicted octanol–water partition coefficient (Wildman–Crippen LogP) is 1.66. The number of benzene rings is 1. The summed E-state index contributed by atoms with van der Waals surface area (Å²) in [5.41, 5.74) is 0.258. The normalized spacial score (nSPS) is 12.3. The first-order valence-corrected chi connectivity index (χ1v) is 9.13. The van der Waals surface area contributed by atoms with E-state index in [9.17, 15) is 13.2 Å². The second-order valence-corrected chi connectivity index (χ2v) is 8.41. The third-order valence-electron chi connectivity index (χ3n) is 3.82. The molecule has 0 aliphatic heterocycles. The van der Waals surface area contributed by atoms with Crippen molar-refractivity contribution in [2.24, 2.45) is 0 Å². The van der Waals surface area contributed by atoms with Crippen molar-refractivity contribution >= 4 is 21.6 Å². The lowest BCUT2D eigenvalue weighted by molar-refractivity contribution is -0.115. The number of carbonyl (C=O) groups is 1. The summed E-state index contributed by atoms with van der Waals surface area (Å²) in [5.74, 6) is -0.0122. The Kier molecular flexibility index (Phi) is 6.76. The standard InChI is InChI=1S/C16H27N3O4S/c1-7-16(2,3)17-11-15(20)18-12-8-9-13(23-6)14(10-12)24(21,22)19(4)5/h8-10,17H,7,11H2,1-6H3,(H,18,20). The van der Waals surface area contributed by atoms with Crippen LogP contribution in [-0.4, -0.2) is 51.9 Å². The van der Waals surface area contributed by atoms with Gasteiger partial charge in [0, 0.05) is 25.3 Å². The van der Waals surface area contributed by atoms with Crippen LogP contribution in [0.15, 0.2) is 23.1 Å². The van der Waals surface area contributed by atoms with Crippen LogP contribution >= 0.6 is 0 Å². The van der Waals surface area contributed by atoms with Gasteiger partial charge in [-0.1, -0.05) is 6.92 Å². The molecule has 0 unspecified atom stereocenters. The Morgan fingerprint density at radius 3 is 2.42 bits per heavy atom. The maximum Gasteiger partial charge on any atom is 0.246 e. The monoisotopic (exact) mass is 357 g/mol. The zero-order valence-corrected chi connectivity index (χ0v) is 16.0. The second-order valence-electron chi connectivity index (χ2n) is 6.29. The van der Waals surface area contributed by atoms with Gasteiger partial charge < -0.3 is 15.4 Å². The number of hydrogen-bond acceptors (Lipinski definition) is 5. The molecule has 0 saturated carbocycles. The number of carbonyl (C=O) groups excluding carboxylic acids is 1. The SMILES string of the molecule is CCC(C)(C)NCC(=O)Nc1ccc(OC)c(S(=O)(=O)N(C)C)c1. The molecule has 0 atom stereocenters. The van der Waals surface area contributed by atoms with E-state index in [1.54, 1.807) is 6.07 Å². The Balaban J connectivity index is 2.97. The highest BCUT2D eigenvalue weighted by atomic mass is 32.2. The van der Waals surface area contributed by atoms with Gasteiger partial charge in [0.15, 0.2) is 0 Å². The van der Waals surface area contributed by atoms with E-state index in [1.807, 2.05) is 20.8 Å². The van der Waals surface area contributed by atoms with Gasteiger partial charge in [-0.3, -0.25) is 4.79 Å². The van der Waals surface area contributed by atoms with Gasteiger partial charge in [-0.15, -0.1) is 0 Å². The van der Waals surface area contributed by atoms with E-state index in [0.29, 0.717) is 5.69 Å². The van der Waals surface area contributed by atoms with E-state index in [1.165, 1.54) is 33.3 Å². The smallest absolute Gasteiger partial charge is 0.246 e. The minimum absolute atomic E-state index is 0.00893. The van der Waals surface area contributed by atoms with E-state index >= 15 is 0 Å². The van der Waals surface area contributed by atoms with Crippen molar-refractivity contribution < 1.29 is 17.9 Å². The Bertz CT molecular complexity index is 685. The third kappa shape index (κ3) is 5.19. The van der Waals surface area contributed by atoms with Crippen LogP contribution in [0.4, 0.5) is 5.69 Å². The average molecular weight is 357 g/mol. The van der Waals surface area contributed by atoms with Gasteiger partial charge in [0.05, 0.1) is 13.7 Å². The third-order valence-corrected chi connectivity index (χ3v) is 5.65. The first-order valence-electron chi connectivity index (χ1n) is 7.69. The highest BCUT2D eigenvalue weighted by molar-refractivity contribution is 7.89. The number of amides is 1. The number of hydrogen-bond donors (Lipinski definition) is 2. The minimum Gasteiger partial charge on any atom is -0.495 e. The lowest BCUT2D eigenvalue weighted by atomic mass is 10.0. The number of nitrogens with one attached hydrogen (secondary N) is 2.